The molecule has 0 saturated carbocycles. The topological polar surface area (TPSA) is 4.93 Å². The molecule has 41 heavy (non-hydrogen) atoms. The van der Waals surface area contributed by atoms with Gasteiger partial charge in [-0.15, -0.1) is 0 Å². The molecule has 1 heterocycles. The summed E-state index contributed by atoms with van der Waals surface area (Å²) in [5.41, 5.74) is 9.01. The Kier molecular flexibility index (Phi) is 4.80. The Bertz CT molecular complexity index is 2350. The first-order chi connectivity index (χ1) is 20.3. The Morgan fingerprint density at radius 1 is 0.512 bits per heavy atom. The van der Waals surface area contributed by atoms with Crippen LogP contribution in [0, 0.1) is 0 Å². The molecule has 1 aliphatic rings. The zero-order chi connectivity index (χ0) is 26.9. The zero-order valence-corrected chi connectivity index (χ0v) is 22.6. The van der Waals surface area contributed by atoms with Crippen LogP contribution < -0.4 is 0 Å². The first-order valence-corrected chi connectivity index (χ1v) is 14.5. The van der Waals surface area contributed by atoms with E-state index in [0.717, 1.165) is 12.8 Å². The van der Waals surface area contributed by atoms with Crippen molar-refractivity contribution >= 4 is 60.2 Å². The number of fused-ring (bicyclic) bond motifs is 11. The highest BCUT2D eigenvalue weighted by Crippen LogP contribution is 2.44. The number of para-hydroxylation sites is 1. The van der Waals surface area contributed by atoms with Crippen LogP contribution in [0.3, 0.4) is 0 Å². The number of rotatable bonds is 2. The lowest BCUT2D eigenvalue weighted by Crippen LogP contribution is -1.96. The summed E-state index contributed by atoms with van der Waals surface area (Å²) in [6, 6.07) is 47.2. The summed E-state index contributed by atoms with van der Waals surface area (Å²) < 4.78 is 2.48. The second-order valence-electron chi connectivity index (χ2n) is 11.2. The van der Waals surface area contributed by atoms with E-state index in [4.69, 9.17) is 0 Å². The van der Waals surface area contributed by atoms with Crippen molar-refractivity contribution < 1.29 is 0 Å². The lowest BCUT2D eigenvalue weighted by molar-refractivity contribution is 0.986. The van der Waals surface area contributed by atoms with E-state index < -0.39 is 0 Å². The molecular weight excluding hydrogens is 494 g/mol. The summed E-state index contributed by atoms with van der Waals surface area (Å²) in [5, 5.41) is 10.4. The molecule has 0 fully saturated rings. The Hall–Kier alpha value is -5.14. The predicted octanol–water partition coefficient (Wildman–Crippen LogP) is 10.9. The third-order valence-electron chi connectivity index (χ3n) is 9.01. The predicted molar refractivity (Wildman–Crippen MR) is 176 cm³/mol. The van der Waals surface area contributed by atoms with Gasteiger partial charge in [-0.05, 0) is 80.9 Å². The van der Waals surface area contributed by atoms with Crippen molar-refractivity contribution in [1.82, 2.24) is 4.57 Å². The van der Waals surface area contributed by atoms with Crippen LogP contribution in [0.15, 0.2) is 133 Å². The van der Waals surface area contributed by atoms with Gasteiger partial charge >= 0.3 is 0 Å². The lowest BCUT2D eigenvalue weighted by atomic mass is 9.93. The molecule has 0 bridgehead atoms. The van der Waals surface area contributed by atoms with Gasteiger partial charge in [0.15, 0.2) is 0 Å². The maximum Gasteiger partial charge on any atom is 0.0626 e. The van der Waals surface area contributed by atoms with Crippen LogP contribution in [0.2, 0.25) is 0 Å². The second kappa shape index (κ2) is 8.68. The molecule has 0 spiro atoms. The molecule has 1 heteroatoms. The van der Waals surface area contributed by atoms with Crippen molar-refractivity contribution in [2.24, 2.45) is 0 Å². The zero-order valence-electron chi connectivity index (χ0n) is 22.6. The van der Waals surface area contributed by atoms with E-state index in [1.807, 2.05) is 0 Å². The number of aryl methyl sites for hydroxylation is 1. The third kappa shape index (κ3) is 3.30. The Labute approximate surface area is 238 Å². The fraction of sp³-hybridized carbons (Fsp3) is 0.0500. The van der Waals surface area contributed by atoms with Gasteiger partial charge in [-0.3, -0.25) is 0 Å². The van der Waals surface area contributed by atoms with Crippen LogP contribution in [0.4, 0.5) is 0 Å². The molecule has 0 atom stereocenters. The van der Waals surface area contributed by atoms with Crippen molar-refractivity contribution in [3.63, 3.8) is 0 Å². The summed E-state index contributed by atoms with van der Waals surface area (Å²) in [6.45, 7) is 0. The fourth-order valence-corrected chi connectivity index (χ4v) is 7.12. The first kappa shape index (κ1) is 22.7. The number of hydrogen-bond donors (Lipinski definition) is 0. The molecule has 1 nitrogen and oxygen atoms in total. The Morgan fingerprint density at radius 3 is 2.12 bits per heavy atom. The minimum absolute atomic E-state index is 1.14. The maximum atomic E-state index is 2.48. The third-order valence-corrected chi connectivity index (χ3v) is 9.01. The van der Waals surface area contributed by atoms with Crippen LogP contribution in [0.25, 0.3) is 77.0 Å². The largest absolute Gasteiger partial charge is 0.309 e. The standard InChI is InChI=1S/C40H27N/c1-2-11-29-25-30(18-17-26(29)9-1)27-19-22-31(23-20-27)41-37-16-8-7-15-36(37)39-38-32-12-4-3-10-28(32)21-24-34(38)33-13-5-6-14-35(33)40(39)41/h2-8,10-25H,1,9H2. The van der Waals surface area contributed by atoms with Crippen LogP contribution in [-0.2, 0) is 6.42 Å². The monoisotopic (exact) mass is 521 g/mol. The molecule has 9 rings (SSSR count). The van der Waals surface area contributed by atoms with E-state index in [0.29, 0.717) is 0 Å². The van der Waals surface area contributed by atoms with E-state index in [9.17, 15) is 0 Å². The van der Waals surface area contributed by atoms with Crippen molar-refractivity contribution in [2.75, 3.05) is 0 Å². The molecule has 0 saturated heterocycles. The summed E-state index contributed by atoms with van der Waals surface area (Å²) in [4.78, 5) is 0. The van der Waals surface area contributed by atoms with E-state index in [-0.39, 0.29) is 0 Å². The van der Waals surface area contributed by atoms with Gasteiger partial charge < -0.3 is 4.57 Å². The molecular formula is C40H27N. The van der Waals surface area contributed by atoms with Gasteiger partial charge in [-0.2, -0.15) is 0 Å². The molecule has 0 radical (unpaired) electrons. The minimum Gasteiger partial charge on any atom is -0.309 e. The Morgan fingerprint density at radius 2 is 1.24 bits per heavy atom. The van der Waals surface area contributed by atoms with Gasteiger partial charge in [0.1, 0.15) is 0 Å². The number of nitrogens with zero attached hydrogens (tertiary/aromatic N) is 1. The van der Waals surface area contributed by atoms with Crippen molar-refractivity contribution in [1.29, 1.82) is 0 Å². The van der Waals surface area contributed by atoms with E-state index >= 15 is 0 Å². The molecule has 0 N–H and O–H groups in total. The SMILES string of the molecule is C1=Cc2cc(-c3ccc(-n4c5ccccc5c5c6c7ccccc7ccc6c6ccccc6c54)cc3)ccc2CC1. The number of allylic oxidation sites excluding steroid dienone is 1. The van der Waals surface area contributed by atoms with Gasteiger partial charge in [0.2, 0.25) is 0 Å². The lowest BCUT2D eigenvalue weighted by Gasteiger charge is -2.15. The van der Waals surface area contributed by atoms with Crippen molar-refractivity contribution in [3.8, 4) is 16.8 Å². The Balaban J connectivity index is 1.36. The quantitative estimate of drug-likeness (QED) is 0.199. The van der Waals surface area contributed by atoms with Crippen LogP contribution in [0.1, 0.15) is 17.5 Å². The highest BCUT2D eigenvalue weighted by atomic mass is 15.0. The van der Waals surface area contributed by atoms with Crippen LogP contribution in [0.5, 0.6) is 0 Å². The number of aromatic nitrogens is 1. The summed E-state index contributed by atoms with van der Waals surface area (Å²) in [6.07, 6.45) is 6.83. The molecule has 192 valence electrons. The van der Waals surface area contributed by atoms with Crippen molar-refractivity contribution in [3.05, 3.63) is 145 Å². The summed E-state index contributed by atoms with van der Waals surface area (Å²) >= 11 is 0. The minimum atomic E-state index is 1.14. The van der Waals surface area contributed by atoms with Gasteiger partial charge in [0.25, 0.3) is 0 Å². The number of benzene rings is 7. The summed E-state index contributed by atoms with van der Waals surface area (Å²) in [7, 11) is 0. The highest BCUT2D eigenvalue weighted by Gasteiger charge is 2.20. The van der Waals surface area contributed by atoms with Gasteiger partial charge in [-0.25, -0.2) is 0 Å². The molecule has 1 aliphatic carbocycles. The first-order valence-electron chi connectivity index (χ1n) is 14.5. The van der Waals surface area contributed by atoms with Gasteiger partial charge in [-0.1, -0.05) is 115 Å². The second-order valence-corrected chi connectivity index (χ2v) is 11.2. The van der Waals surface area contributed by atoms with Crippen LogP contribution in [-0.4, -0.2) is 4.57 Å². The molecule has 8 aromatic rings. The van der Waals surface area contributed by atoms with Gasteiger partial charge in [0, 0.05) is 27.2 Å². The van der Waals surface area contributed by atoms with Crippen LogP contribution >= 0.6 is 0 Å². The average Bonchev–Trinajstić information content (AvgIpc) is 3.40. The maximum absolute atomic E-state index is 2.48. The van der Waals surface area contributed by atoms with E-state index in [2.05, 4.69) is 144 Å². The molecule has 1 aromatic heterocycles. The van der Waals surface area contributed by atoms with Gasteiger partial charge in [0.05, 0.1) is 11.0 Å². The number of hydrogen-bond acceptors (Lipinski definition) is 0. The highest BCUT2D eigenvalue weighted by molar-refractivity contribution is 6.36. The smallest absolute Gasteiger partial charge is 0.0626 e. The average molecular weight is 522 g/mol. The van der Waals surface area contributed by atoms with E-state index in [1.165, 1.54) is 82.1 Å². The molecule has 0 aliphatic heterocycles. The molecule has 7 aromatic carbocycles. The van der Waals surface area contributed by atoms with Crippen molar-refractivity contribution in [2.45, 2.75) is 12.8 Å². The molecule has 0 amide bonds. The van der Waals surface area contributed by atoms with E-state index in [1.54, 1.807) is 0 Å². The fourth-order valence-electron chi connectivity index (χ4n) is 7.12. The summed E-state index contributed by atoms with van der Waals surface area (Å²) in [5.74, 6) is 0. The normalized spacial score (nSPS) is 13.1. The molecule has 0 unspecified atom stereocenters.